The van der Waals surface area contributed by atoms with Crippen LogP contribution in [0.5, 0.6) is 0 Å². The van der Waals surface area contributed by atoms with E-state index in [9.17, 15) is 4.39 Å². The number of rotatable bonds is 0. The average molecular weight is 218 g/mol. The molecule has 0 fully saturated rings. The third-order valence-corrected chi connectivity index (χ3v) is 3.34. The molecule has 0 radical (unpaired) electrons. The molecule has 0 spiro atoms. The van der Waals surface area contributed by atoms with E-state index in [0.29, 0.717) is 5.52 Å². The number of aromatic nitrogens is 1. The van der Waals surface area contributed by atoms with Crippen LogP contribution in [0.4, 0.5) is 4.39 Å². The first kappa shape index (κ1) is 9.85. The highest BCUT2D eigenvalue weighted by Crippen LogP contribution is 2.30. The molecule has 0 saturated carbocycles. The summed E-state index contributed by atoms with van der Waals surface area (Å²) in [6.07, 6.45) is 0.913. The molecule has 0 unspecified atom stereocenters. The van der Waals surface area contributed by atoms with Gasteiger partial charge in [-0.1, -0.05) is 12.1 Å². The van der Waals surface area contributed by atoms with Gasteiger partial charge in [0.2, 0.25) is 0 Å². The molecular formula is C13H15FN2. The summed E-state index contributed by atoms with van der Waals surface area (Å²) in [5.41, 5.74) is 3.12. The van der Waals surface area contributed by atoms with Gasteiger partial charge in [0, 0.05) is 29.6 Å². The fraction of sp³-hybridized carbons (Fsp3) is 0.385. The Labute approximate surface area is 93.9 Å². The number of halogens is 1. The molecule has 2 N–H and O–H groups in total. The molecule has 3 heteroatoms. The molecule has 2 heterocycles. The van der Waals surface area contributed by atoms with Crippen LogP contribution >= 0.6 is 0 Å². The van der Waals surface area contributed by atoms with E-state index in [2.05, 4.69) is 24.1 Å². The zero-order chi connectivity index (χ0) is 11.3. The molecule has 1 aromatic carbocycles. The number of aromatic amines is 1. The van der Waals surface area contributed by atoms with Crippen LogP contribution in [0.2, 0.25) is 0 Å². The second kappa shape index (κ2) is 3.08. The molecule has 0 bridgehead atoms. The Hall–Kier alpha value is -1.35. The van der Waals surface area contributed by atoms with Crippen molar-refractivity contribution in [3.63, 3.8) is 0 Å². The lowest BCUT2D eigenvalue weighted by molar-refractivity contribution is 0.360. The monoisotopic (exact) mass is 218 g/mol. The molecule has 0 aliphatic carbocycles. The summed E-state index contributed by atoms with van der Waals surface area (Å²) in [7, 11) is 0. The number of benzene rings is 1. The number of nitrogens with one attached hydrogen (secondary N) is 2. The topological polar surface area (TPSA) is 27.8 Å². The summed E-state index contributed by atoms with van der Waals surface area (Å²) < 4.78 is 13.6. The van der Waals surface area contributed by atoms with E-state index in [1.54, 1.807) is 6.07 Å². The van der Waals surface area contributed by atoms with E-state index in [1.165, 1.54) is 17.3 Å². The first-order valence-electron chi connectivity index (χ1n) is 5.60. The molecule has 0 amide bonds. The predicted molar refractivity (Wildman–Crippen MR) is 62.9 cm³/mol. The van der Waals surface area contributed by atoms with E-state index in [0.717, 1.165) is 18.4 Å². The molecule has 1 aliphatic heterocycles. The van der Waals surface area contributed by atoms with Gasteiger partial charge in [0.25, 0.3) is 0 Å². The molecule has 84 valence electrons. The van der Waals surface area contributed by atoms with Crippen LogP contribution in [-0.4, -0.2) is 10.5 Å². The van der Waals surface area contributed by atoms with Crippen LogP contribution in [-0.2, 0) is 13.0 Å². The molecule has 2 aromatic rings. The van der Waals surface area contributed by atoms with Gasteiger partial charge < -0.3 is 10.3 Å². The van der Waals surface area contributed by atoms with Crippen LogP contribution in [0.1, 0.15) is 25.1 Å². The van der Waals surface area contributed by atoms with Gasteiger partial charge in [0.15, 0.2) is 0 Å². The van der Waals surface area contributed by atoms with E-state index >= 15 is 0 Å². The lowest BCUT2D eigenvalue weighted by atomic mass is 9.91. The number of hydrogen-bond acceptors (Lipinski definition) is 1. The Morgan fingerprint density at radius 1 is 1.31 bits per heavy atom. The summed E-state index contributed by atoms with van der Waals surface area (Å²) in [5, 5.41) is 4.48. The molecule has 1 aromatic heterocycles. The van der Waals surface area contributed by atoms with Gasteiger partial charge in [-0.05, 0) is 25.5 Å². The lowest BCUT2D eigenvalue weighted by Gasteiger charge is -2.31. The second-order valence-corrected chi connectivity index (χ2v) is 5.16. The smallest absolute Gasteiger partial charge is 0.147 e. The summed E-state index contributed by atoms with van der Waals surface area (Å²) in [5.74, 6) is -0.162. The fourth-order valence-corrected chi connectivity index (χ4v) is 2.48. The summed E-state index contributed by atoms with van der Waals surface area (Å²) in [6.45, 7) is 5.14. The van der Waals surface area contributed by atoms with Gasteiger partial charge in [0.05, 0.1) is 5.52 Å². The van der Waals surface area contributed by atoms with Gasteiger partial charge in [-0.15, -0.1) is 0 Å². The number of H-pyrrole nitrogens is 1. The van der Waals surface area contributed by atoms with Crippen molar-refractivity contribution in [1.29, 1.82) is 0 Å². The molecule has 0 saturated heterocycles. The first-order chi connectivity index (χ1) is 7.57. The quantitative estimate of drug-likeness (QED) is 0.699. The Morgan fingerprint density at radius 3 is 2.94 bits per heavy atom. The average Bonchev–Trinajstić information content (AvgIpc) is 2.55. The molecule has 1 aliphatic rings. The van der Waals surface area contributed by atoms with Crippen molar-refractivity contribution in [3.05, 3.63) is 35.3 Å². The second-order valence-electron chi connectivity index (χ2n) is 5.16. The van der Waals surface area contributed by atoms with E-state index in [-0.39, 0.29) is 11.4 Å². The third kappa shape index (κ3) is 1.35. The summed E-state index contributed by atoms with van der Waals surface area (Å²) >= 11 is 0. The van der Waals surface area contributed by atoms with Crippen molar-refractivity contribution in [3.8, 4) is 0 Å². The first-order valence-corrected chi connectivity index (χ1v) is 5.60. The third-order valence-electron chi connectivity index (χ3n) is 3.34. The van der Waals surface area contributed by atoms with Crippen LogP contribution in [0, 0.1) is 5.82 Å². The fourth-order valence-electron chi connectivity index (χ4n) is 2.48. The van der Waals surface area contributed by atoms with Crippen molar-refractivity contribution < 1.29 is 4.39 Å². The van der Waals surface area contributed by atoms with Gasteiger partial charge in [-0.25, -0.2) is 4.39 Å². The van der Waals surface area contributed by atoms with Gasteiger partial charge in [0.1, 0.15) is 5.82 Å². The summed E-state index contributed by atoms with van der Waals surface area (Å²) in [4.78, 5) is 3.22. The molecule has 16 heavy (non-hydrogen) atoms. The van der Waals surface area contributed by atoms with E-state index in [4.69, 9.17) is 0 Å². The molecule has 0 atom stereocenters. The van der Waals surface area contributed by atoms with Crippen LogP contribution in [0.3, 0.4) is 0 Å². The highest BCUT2D eigenvalue weighted by atomic mass is 19.1. The van der Waals surface area contributed by atoms with Crippen LogP contribution in [0.15, 0.2) is 18.2 Å². The molecule has 2 nitrogen and oxygen atoms in total. The van der Waals surface area contributed by atoms with Gasteiger partial charge >= 0.3 is 0 Å². The van der Waals surface area contributed by atoms with Crippen molar-refractivity contribution in [2.75, 3.05) is 0 Å². The Bertz CT molecular complexity index is 554. The minimum absolute atomic E-state index is 0.0877. The Balaban J connectivity index is 2.24. The lowest BCUT2D eigenvalue weighted by Crippen LogP contribution is -2.44. The number of para-hydroxylation sites is 1. The Morgan fingerprint density at radius 2 is 2.12 bits per heavy atom. The minimum atomic E-state index is -0.162. The summed E-state index contributed by atoms with van der Waals surface area (Å²) in [6, 6.07) is 5.25. The SMILES string of the molecule is CC1(C)Cc2[nH]c3c(F)cccc3c2CN1. The highest BCUT2D eigenvalue weighted by molar-refractivity contribution is 5.85. The maximum Gasteiger partial charge on any atom is 0.147 e. The number of hydrogen-bond donors (Lipinski definition) is 2. The maximum atomic E-state index is 13.6. The largest absolute Gasteiger partial charge is 0.356 e. The van der Waals surface area contributed by atoms with Crippen molar-refractivity contribution >= 4 is 10.9 Å². The van der Waals surface area contributed by atoms with E-state index < -0.39 is 0 Å². The Kier molecular flexibility index (Phi) is 1.89. The maximum absolute atomic E-state index is 13.6. The molecule has 3 rings (SSSR count). The molecular weight excluding hydrogens is 203 g/mol. The standard InChI is InChI=1S/C13H15FN2/c1-13(2)6-11-9(7-15-13)8-4-3-5-10(14)12(8)16-11/h3-5,15-16H,6-7H2,1-2H3. The van der Waals surface area contributed by atoms with Gasteiger partial charge in [-0.2, -0.15) is 0 Å². The highest BCUT2D eigenvalue weighted by Gasteiger charge is 2.27. The number of fused-ring (bicyclic) bond motifs is 3. The van der Waals surface area contributed by atoms with Gasteiger partial charge in [-0.3, -0.25) is 0 Å². The van der Waals surface area contributed by atoms with Crippen molar-refractivity contribution in [2.45, 2.75) is 32.4 Å². The normalized spacial score (nSPS) is 18.7. The van der Waals surface area contributed by atoms with Crippen LogP contribution < -0.4 is 5.32 Å². The zero-order valence-corrected chi connectivity index (χ0v) is 9.52. The van der Waals surface area contributed by atoms with Crippen LogP contribution in [0.25, 0.3) is 10.9 Å². The van der Waals surface area contributed by atoms with Crippen molar-refractivity contribution in [2.24, 2.45) is 0 Å². The zero-order valence-electron chi connectivity index (χ0n) is 9.52. The van der Waals surface area contributed by atoms with Crippen molar-refractivity contribution in [1.82, 2.24) is 10.3 Å². The predicted octanol–water partition coefficient (Wildman–Crippen LogP) is 2.73. The minimum Gasteiger partial charge on any atom is -0.356 e. The van der Waals surface area contributed by atoms with E-state index in [1.807, 2.05) is 6.07 Å².